The molecule has 20 heavy (non-hydrogen) atoms. The Bertz CT molecular complexity index is 640. The molecule has 0 aliphatic heterocycles. The summed E-state index contributed by atoms with van der Waals surface area (Å²) in [6, 6.07) is 15.0. The molecule has 4 nitrogen and oxygen atoms in total. The molecule has 0 bridgehead atoms. The predicted octanol–water partition coefficient (Wildman–Crippen LogP) is 2.26. The SMILES string of the molecule is Nc1cccc(C(=O)NC2CC2c2ccccc2)c1O. The molecule has 0 aromatic heterocycles. The van der Waals surface area contributed by atoms with Crippen LogP contribution in [0, 0.1) is 0 Å². The highest BCUT2D eigenvalue weighted by Crippen LogP contribution is 2.41. The fourth-order valence-corrected chi connectivity index (χ4v) is 2.41. The molecule has 102 valence electrons. The molecule has 2 atom stereocenters. The van der Waals surface area contributed by atoms with E-state index in [1.807, 2.05) is 18.2 Å². The third-order valence-corrected chi connectivity index (χ3v) is 3.65. The van der Waals surface area contributed by atoms with Crippen LogP contribution in [-0.2, 0) is 0 Å². The molecule has 0 saturated heterocycles. The van der Waals surface area contributed by atoms with Gasteiger partial charge in [-0.2, -0.15) is 0 Å². The predicted molar refractivity (Wildman–Crippen MR) is 77.6 cm³/mol. The van der Waals surface area contributed by atoms with Crippen molar-refractivity contribution in [3.63, 3.8) is 0 Å². The molecule has 0 radical (unpaired) electrons. The van der Waals surface area contributed by atoms with Gasteiger partial charge in [0.25, 0.3) is 5.91 Å². The lowest BCUT2D eigenvalue weighted by Gasteiger charge is -2.08. The number of anilines is 1. The number of benzene rings is 2. The van der Waals surface area contributed by atoms with Crippen molar-refractivity contribution in [3.8, 4) is 5.75 Å². The number of hydrogen-bond acceptors (Lipinski definition) is 3. The summed E-state index contributed by atoms with van der Waals surface area (Å²) < 4.78 is 0. The summed E-state index contributed by atoms with van der Waals surface area (Å²) in [6.45, 7) is 0. The van der Waals surface area contributed by atoms with E-state index in [-0.39, 0.29) is 28.9 Å². The lowest BCUT2D eigenvalue weighted by molar-refractivity contribution is 0.0947. The van der Waals surface area contributed by atoms with E-state index in [1.165, 1.54) is 5.56 Å². The van der Waals surface area contributed by atoms with E-state index in [4.69, 9.17) is 5.73 Å². The van der Waals surface area contributed by atoms with Crippen molar-refractivity contribution in [2.45, 2.75) is 18.4 Å². The number of carbonyl (C=O) groups is 1. The van der Waals surface area contributed by atoms with Gasteiger partial charge < -0.3 is 16.2 Å². The van der Waals surface area contributed by atoms with Crippen LogP contribution in [0.4, 0.5) is 5.69 Å². The zero-order chi connectivity index (χ0) is 14.1. The van der Waals surface area contributed by atoms with Gasteiger partial charge in [0.1, 0.15) is 0 Å². The molecule has 4 heteroatoms. The first-order valence-corrected chi connectivity index (χ1v) is 6.60. The molecule has 1 aliphatic carbocycles. The highest BCUT2D eigenvalue weighted by atomic mass is 16.3. The third-order valence-electron chi connectivity index (χ3n) is 3.65. The van der Waals surface area contributed by atoms with Crippen LogP contribution >= 0.6 is 0 Å². The smallest absolute Gasteiger partial charge is 0.255 e. The molecule has 2 aromatic carbocycles. The molecule has 2 aromatic rings. The van der Waals surface area contributed by atoms with Crippen molar-refractivity contribution in [2.75, 3.05) is 5.73 Å². The minimum atomic E-state index is -0.279. The van der Waals surface area contributed by atoms with E-state index in [1.54, 1.807) is 18.2 Å². The average Bonchev–Trinajstić information content (AvgIpc) is 3.22. The number of carbonyl (C=O) groups excluding carboxylic acids is 1. The van der Waals surface area contributed by atoms with Crippen molar-refractivity contribution in [1.29, 1.82) is 0 Å². The Morgan fingerprint density at radius 2 is 1.90 bits per heavy atom. The maximum atomic E-state index is 12.1. The molecule has 1 saturated carbocycles. The number of hydrogen-bond donors (Lipinski definition) is 3. The van der Waals surface area contributed by atoms with Crippen molar-refractivity contribution in [1.82, 2.24) is 5.32 Å². The lowest BCUT2D eigenvalue weighted by Crippen LogP contribution is -2.26. The topological polar surface area (TPSA) is 75.4 Å². The zero-order valence-electron chi connectivity index (χ0n) is 10.9. The molecule has 2 unspecified atom stereocenters. The van der Waals surface area contributed by atoms with Gasteiger partial charge in [-0.1, -0.05) is 36.4 Å². The second kappa shape index (κ2) is 4.89. The quantitative estimate of drug-likeness (QED) is 0.590. The van der Waals surface area contributed by atoms with E-state index < -0.39 is 0 Å². The van der Waals surface area contributed by atoms with Crippen molar-refractivity contribution >= 4 is 11.6 Å². The van der Waals surface area contributed by atoms with Gasteiger partial charge >= 0.3 is 0 Å². The number of rotatable bonds is 3. The first-order chi connectivity index (χ1) is 9.66. The van der Waals surface area contributed by atoms with Crippen molar-refractivity contribution in [3.05, 3.63) is 59.7 Å². The molecule has 4 N–H and O–H groups in total. The number of para-hydroxylation sites is 1. The van der Waals surface area contributed by atoms with Gasteiger partial charge in [-0.3, -0.25) is 4.79 Å². The summed E-state index contributed by atoms with van der Waals surface area (Å²) in [7, 11) is 0. The number of nitrogen functional groups attached to an aromatic ring is 1. The van der Waals surface area contributed by atoms with E-state index >= 15 is 0 Å². The summed E-state index contributed by atoms with van der Waals surface area (Å²) in [6.07, 6.45) is 0.929. The van der Waals surface area contributed by atoms with Crippen LogP contribution in [0.25, 0.3) is 0 Å². The minimum absolute atomic E-state index is 0.130. The van der Waals surface area contributed by atoms with Crippen LogP contribution in [0.3, 0.4) is 0 Å². The second-order valence-corrected chi connectivity index (χ2v) is 5.08. The molecule has 1 fully saturated rings. The summed E-state index contributed by atoms with van der Waals surface area (Å²) >= 11 is 0. The van der Waals surface area contributed by atoms with Gasteiger partial charge in [-0.15, -0.1) is 0 Å². The third kappa shape index (κ3) is 2.32. The molecule has 0 spiro atoms. The number of phenols is 1. The molecular formula is C16H16N2O2. The number of aromatic hydroxyl groups is 1. The Labute approximate surface area is 117 Å². The van der Waals surface area contributed by atoms with E-state index in [9.17, 15) is 9.90 Å². The second-order valence-electron chi connectivity index (χ2n) is 5.08. The Kier molecular flexibility index (Phi) is 3.06. The number of nitrogens with one attached hydrogen (secondary N) is 1. The highest BCUT2D eigenvalue weighted by molar-refractivity contribution is 5.98. The standard InChI is InChI=1S/C16H16N2O2/c17-13-8-4-7-11(15(13)19)16(20)18-14-9-12(14)10-5-2-1-3-6-10/h1-8,12,14,19H,9,17H2,(H,18,20). The van der Waals surface area contributed by atoms with Crippen LogP contribution in [0.5, 0.6) is 5.75 Å². The minimum Gasteiger partial charge on any atom is -0.505 e. The summed E-state index contributed by atoms with van der Waals surface area (Å²) in [5.41, 5.74) is 7.27. The number of amides is 1. The fourth-order valence-electron chi connectivity index (χ4n) is 2.41. The van der Waals surface area contributed by atoms with Gasteiger partial charge in [0.15, 0.2) is 5.75 Å². The van der Waals surface area contributed by atoms with Crippen molar-refractivity contribution < 1.29 is 9.90 Å². The van der Waals surface area contributed by atoms with Gasteiger partial charge in [0.2, 0.25) is 0 Å². The van der Waals surface area contributed by atoms with Crippen LogP contribution in [-0.4, -0.2) is 17.1 Å². The maximum absolute atomic E-state index is 12.1. The lowest BCUT2D eigenvalue weighted by atomic mass is 10.1. The Balaban J connectivity index is 1.68. The molecule has 3 rings (SSSR count). The normalized spacial score (nSPS) is 20.4. The summed E-state index contributed by atoms with van der Waals surface area (Å²) in [5, 5.41) is 12.7. The fraction of sp³-hybridized carbons (Fsp3) is 0.188. The Hall–Kier alpha value is -2.49. The molecule has 0 heterocycles. The number of phenolic OH excluding ortho intramolecular Hbond substituents is 1. The highest BCUT2D eigenvalue weighted by Gasteiger charge is 2.39. The average molecular weight is 268 g/mol. The summed E-state index contributed by atoms with van der Waals surface area (Å²) in [4.78, 5) is 12.1. The van der Waals surface area contributed by atoms with Gasteiger partial charge in [-0.25, -0.2) is 0 Å². The van der Waals surface area contributed by atoms with Gasteiger partial charge in [-0.05, 0) is 24.1 Å². The first-order valence-electron chi connectivity index (χ1n) is 6.60. The molecular weight excluding hydrogens is 252 g/mol. The Morgan fingerprint density at radius 3 is 2.65 bits per heavy atom. The van der Waals surface area contributed by atoms with E-state index in [2.05, 4.69) is 17.4 Å². The van der Waals surface area contributed by atoms with Crippen molar-refractivity contribution in [2.24, 2.45) is 0 Å². The largest absolute Gasteiger partial charge is 0.505 e. The number of nitrogens with two attached hydrogens (primary N) is 1. The zero-order valence-corrected chi connectivity index (χ0v) is 10.9. The van der Waals surface area contributed by atoms with Gasteiger partial charge in [0.05, 0.1) is 11.3 Å². The van der Waals surface area contributed by atoms with E-state index in [0.29, 0.717) is 5.92 Å². The van der Waals surface area contributed by atoms with E-state index in [0.717, 1.165) is 6.42 Å². The Morgan fingerprint density at radius 1 is 1.15 bits per heavy atom. The molecule has 1 amide bonds. The molecule has 1 aliphatic rings. The van der Waals surface area contributed by atoms with Gasteiger partial charge in [0, 0.05) is 12.0 Å². The van der Waals surface area contributed by atoms with Crippen LogP contribution in [0.15, 0.2) is 48.5 Å². The summed E-state index contributed by atoms with van der Waals surface area (Å²) in [5.74, 6) is -0.0662. The monoisotopic (exact) mass is 268 g/mol. The first kappa shape index (κ1) is 12.5. The van der Waals surface area contributed by atoms with Crippen LogP contribution in [0.1, 0.15) is 28.3 Å². The van der Waals surface area contributed by atoms with Crippen LogP contribution in [0.2, 0.25) is 0 Å². The van der Waals surface area contributed by atoms with Crippen LogP contribution < -0.4 is 11.1 Å². The maximum Gasteiger partial charge on any atom is 0.255 e.